The second-order valence-corrected chi connectivity index (χ2v) is 4.72. The summed E-state index contributed by atoms with van der Waals surface area (Å²) < 4.78 is 15.5. The first-order valence-corrected chi connectivity index (χ1v) is 7.60. The van der Waals surface area contributed by atoms with Gasteiger partial charge in [-0.3, -0.25) is 0 Å². The van der Waals surface area contributed by atoms with Gasteiger partial charge in [0.05, 0.1) is 20.3 Å². The summed E-state index contributed by atoms with van der Waals surface area (Å²) in [7, 11) is 1.54. The first-order valence-electron chi connectivity index (χ1n) is 7.60. The fourth-order valence-corrected chi connectivity index (χ4v) is 2.32. The maximum atomic E-state index is 12.5. The van der Waals surface area contributed by atoms with Crippen molar-refractivity contribution in [3.8, 4) is 16.9 Å². The van der Waals surface area contributed by atoms with Crippen molar-refractivity contribution in [2.24, 2.45) is 0 Å². The lowest BCUT2D eigenvalue weighted by Gasteiger charge is -2.14. The van der Waals surface area contributed by atoms with E-state index in [1.54, 1.807) is 32.0 Å². The number of benzene rings is 1. The monoisotopic (exact) mass is 329 g/mol. The highest BCUT2D eigenvalue weighted by molar-refractivity contribution is 6.07. The second kappa shape index (κ2) is 8.10. The van der Waals surface area contributed by atoms with Gasteiger partial charge in [0, 0.05) is 17.3 Å². The number of hydrogen-bond donors (Lipinski definition) is 0. The van der Waals surface area contributed by atoms with Gasteiger partial charge in [-0.2, -0.15) is 0 Å². The maximum Gasteiger partial charge on any atom is 0.357 e. The smallest absolute Gasteiger partial charge is 0.357 e. The van der Waals surface area contributed by atoms with Gasteiger partial charge >= 0.3 is 11.9 Å². The molecule has 0 unspecified atom stereocenters. The normalized spacial score (nSPS) is 10.1. The minimum absolute atomic E-state index is 0.0706. The quantitative estimate of drug-likeness (QED) is 0.758. The van der Waals surface area contributed by atoms with Crippen molar-refractivity contribution in [3.05, 3.63) is 47.8 Å². The number of ether oxygens (including phenoxy) is 3. The van der Waals surface area contributed by atoms with Crippen LogP contribution in [0.25, 0.3) is 11.1 Å². The molecule has 0 radical (unpaired) electrons. The van der Waals surface area contributed by atoms with Crippen molar-refractivity contribution in [2.45, 2.75) is 13.8 Å². The molecule has 0 saturated carbocycles. The number of nitrogens with zero attached hydrogens (tertiary/aromatic N) is 1. The van der Waals surface area contributed by atoms with Crippen LogP contribution in [0.15, 0.2) is 36.5 Å². The van der Waals surface area contributed by atoms with E-state index in [9.17, 15) is 9.59 Å². The highest BCUT2D eigenvalue weighted by atomic mass is 16.5. The number of methoxy groups -OCH3 is 1. The number of pyridine rings is 1. The molecule has 0 aliphatic carbocycles. The minimum Gasteiger partial charge on any atom is -0.496 e. The molecule has 0 fully saturated rings. The summed E-state index contributed by atoms with van der Waals surface area (Å²) in [6, 6.07) is 8.85. The molecule has 2 rings (SSSR count). The van der Waals surface area contributed by atoms with Crippen LogP contribution >= 0.6 is 0 Å². The van der Waals surface area contributed by atoms with Crippen LogP contribution in [0.3, 0.4) is 0 Å². The van der Waals surface area contributed by atoms with E-state index in [1.807, 2.05) is 12.1 Å². The van der Waals surface area contributed by atoms with E-state index >= 15 is 0 Å². The number of hydrogen-bond acceptors (Lipinski definition) is 6. The molecule has 0 atom stereocenters. The van der Waals surface area contributed by atoms with Gasteiger partial charge in [0.25, 0.3) is 0 Å². The molecule has 1 aromatic carbocycles. The highest BCUT2D eigenvalue weighted by Gasteiger charge is 2.26. The van der Waals surface area contributed by atoms with E-state index in [0.29, 0.717) is 16.9 Å². The molecular weight excluding hydrogens is 310 g/mol. The zero-order valence-corrected chi connectivity index (χ0v) is 13.9. The summed E-state index contributed by atoms with van der Waals surface area (Å²) in [5, 5.41) is 0. The Hall–Kier alpha value is -2.89. The summed E-state index contributed by atoms with van der Waals surface area (Å²) in [6.45, 7) is 3.75. The van der Waals surface area contributed by atoms with Crippen LogP contribution < -0.4 is 4.74 Å². The third kappa shape index (κ3) is 3.53. The number of carbonyl (C=O) groups is 2. The average Bonchev–Trinajstić information content (AvgIpc) is 2.61. The number of aromatic nitrogens is 1. The molecule has 126 valence electrons. The van der Waals surface area contributed by atoms with E-state index in [0.717, 1.165) is 0 Å². The number of esters is 2. The number of carbonyl (C=O) groups excluding carboxylic acids is 2. The topological polar surface area (TPSA) is 74.7 Å². The fourth-order valence-electron chi connectivity index (χ4n) is 2.32. The Bertz CT molecular complexity index is 742. The van der Waals surface area contributed by atoms with Crippen molar-refractivity contribution in [1.29, 1.82) is 0 Å². The molecule has 0 saturated heterocycles. The first kappa shape index (κ1) is 17.5. The van der Waals surface area contributed by atoms with E-state index in [4.69, 9.17) is 14.2 Å². The molecule has 1 aromatic heterocycles. The molecule has 0 spiro atoms. The van der Waals surface area contributed by atoms with E-state index in [1.165, 1.54) is 13.3 Å². The largest absolute Gasteiger partial charge is 0.496 e. The third-order valence-electron chi connectivity index (χ3n) is 3.30. The summed E-state index contributed by atoms with van der Waals surface area (Å²) in [5.41, 5.74) is 1.17. The molecule has 0 bridgehead atoms. The predicted octanol–water partition coefficient (Wildman–Crippen LogP) is 3.11. The van der Waals surface area contributed by atoms with Crippen LogP contribution in [-0.2, 0) is 9.47 Å². The van der Waals surface area contributed by atoms with Crippen molar-refractivity contribution in [1.82, 2.24) is 4.98 Å². The molecule has 0 N–H and O–H groups in total. The Morgan fingerprint density at radius 1 is 0.958 bits per heavy atom. The van der Waals surface area contributed by atoms with Gasteiger partial charge in [-0.15, -0.1) is 0 Å². The van der Waals surface area contributed by atoms with E-state index in [2.05, 4.69) is 4.98 Å². The molecule has 6 nitrogen and oxygen atoms in total. The van der Waals surface area contributed by atoms with Gasteiger partial charge in [0.1, 0.15) is 11.3 Å². The van der Waals surface area contributed by atoms with Gasteiger partial charge in [0.2, 0.25) is 0 Å². The van der Waals surface area contributed by atoms with Gasteiger partial charge in [-0.1, -0.05) is 18.2 Å². The van der Waals surface area contributed by atoms with E-state index in [-0.39, 0.29) is 24.5 Å². The predicted molar refractivity (Wildman–Crippen MR) is 88.1 cm³/mol. The minimum atomic E-state index is -0.669. The van der Waals surface area contributed by atoms with E-state index < -0.39 is 11.9 Å². The Morgan fingerprint density at radius 3 is 2.29 bits per heavy atom. The summed E-state index contributed by atoms with van der Waals surface area (Å²) in [5.74, 6) is -0.726. The van der Waals surface area contributed by atoms with Gasteiger partial charge in [-0.25, -0.2) is 14.6 Å². The molecule has 0 amide bonds. The van der Waals surface area contributed by atoms with Crippen LogP contribution in [0.1, 0.15) is 34.7 Å². The van der Waals surface area contributed by atoms with Crippen molar-refractivity contribution in [3.63, 3.8) is 0 Å². The molecule has 6 heteroatoms. The number of rotatable bonds is 6. The zero-order chi connectivity index (χ0) is 17.5. The lowest BCUT2D eigenvalue weighted by molar-refractivity contribution is 0.0474. The molecule has 0 aliphatic heterocycles. The fraction of sp³-hybridized carbons (Fsp3) is 0.278. The van der Waals surface area contributed by atoms with Crippen molar-refractivity contribution < 1.29 is 23.8 Å². The van der Waals surface area contributed by atoms with Gasteiger partial charge < -0.3 is 14.2 Å². The van der Waals surface area contributed by atoms with Crippen LogP contribution in [0.4, 0.5) is 0 Å². The van der Waals surface area contributed by atoms with Gasteiger partial charge in [-0.05, 0) is 26.0 Å². The lowest BCUT2D eigenvalue weighted by atomic mass is 9.98. The van der Waals surface area contributed by atoms with Gasteiger partial charge in [0.15, 0.2) is 5.69 Å². The van der Waals surface area contributed by atoms with Crippen LogP contribution in [0, 0.1) is 0 Å². The maximum absolute atomic E-state index is 12.5. The van der Waals surface area contributed by atoms with Crippen molar-refractivity contribution in [2.75, 3.05) is 20.3 Å². The molecular formula is C18H19NO5. The van der Waals surface area contributed by atoms with Crippen molar-refractivity contribution >= 4 is 11.9 Å². The second-order valence-electron chi connectivity index (χ2n) is 4.72. The van der Waals surface area contributed by atoms with Crippen LogP contribution in [0.5, 0.6) is 5.75 Å². The SMILES string of the molecule is CCOC(=O)c1nccc(-c2ccccc2OC)c1C(=O)OCC. The molecule has 1 heterocycles. The Labute approximate surface area is 140 Å². The Kier molecular flexibility index (Phi) is 5.89. The third-order valence-corrected chi connectivity index (χ3v) is 3.30. The van der Waals surface area contributed by atoms with Crippen LogP contribution in [-0.4, -0.2) is 37.2 Å². The summed E-state index contributed by atoms with van der Waals surface area (Å²) >= 11 is 0. The average molecular weight is 329 g/mol. The molecule has 0 aliphatic rings. The Balaban J connectivity index is 2.69. The lowest BCUT2D eigenvalue weighted by Crippen LogP contribution is -2.17. The standard InChI is InChI=1S/C18H19NO5/c1-4-23-17(20)15-13(12-8-6-7-9-14(12)22-3)10-11-19-16(15)18(21)24-5-2/h6-11H,4-5H2,1-3H3. The molecule has 24 heavy (non-hydrogen) atoms. The molecule has 2 aromatic rings. The highest BCUT2D eigenvalue weighted by Crippen LogP contribution is 2.33. The first-order chi connectivity index (χ1) is 11.6. The Morgan fingerprint density at radius 2 is 1.62 bits per heavy atom. The van der Waals surface area contributed by atoms with Crippen LogP contribution in [0.2, 0.25) is 0 Å². The summed E-state index contributed by atoms with van der Waals surface area (Å²) in [6.07, 6.45) is 1.46. The zero-order valence-electron chi connectivity index (χ0n) is 13.9. The summed E-state index contributed by atoms with van der Waals surface area (Å²) in [4.78, 5) is 28.7. The number of para-hydroxylation sites is 1.